The van der Waals surface area contributed by atoms with Crippen molar-refractivity contribution in [3.05, 3.63) is 24.3 Å². The van der Waals surface area contributed by atoms with Crippen LogP contribution in [0.25, 0.3) is 5.65 Å². The fourth-order valence-electron chi connectivity index (χ4n) is 1.35. The van der Waals surface area contributed by atoms with Gasteiger partial charge in [-0.3, -0.25) is 4.40 Å². The van der Waals surface area contributed by atoms with E-state index in [9.17, 15) is 12.8 Å². The Bertz CT molecular complexity index is 650. The number of aromatic nitrogens is 2. The lowest BCUT2D eigenvalue weighted by atomic mass is 10.4. The molecule has 2 aromatic rings. The second-order valence-electron chi connectivity index (χ2n) is 3.05. The minimum absolute atomic E-state index is 0.141. The average molecular weight is 245 g/mol. The number of hydrogen-bond donors (Lipinski definition) is 1. The highest BCUT2D eigenvalue weighted by Gasteiger charge is 2.22. The number of ether oxygens (including phenoxy) is 1. The number of hydrogen-bond acceptors (Lipinski definition) is 4. The molecule has 16 heavy (non-hydrogen) atoms. The fourth-order valence-corrected chi connectivity index (χ4v) is 2.05. The minimum atomic E-state index is -4.17. The molecule has 6 nitrogen and oxygen atoms in total. The van der Waals surface area contributed by atoms with Crippen molar-refractivity contribution in [2.24, 2.45) is 5.14 Å². The van der Waals surface area contributed by atoms with Crippen LogP contribution in [0.1, 0.15) is 0 Å². The van der Waals surface area contributed by atoms with Crippen LogP contribution in [-0.4, -0.2) is 24.9 Å². The van der Waals surface area contributed by atoms with E-state index in [0.717, 1.165) is 4.40 Å². The molecule has 2 rings (SSSR count). The largest absolute Gasteiger partial charge is 0.495 e. The van der Waals surface area contributed by atoms with Gasteiger partial charge in [-0.25, -0.2) is 13.6 Å². The van der Waals surface area contributed by atoms with Crippen molar-refractivity contribution in [3.63, 3.8) is 0 Å². The molecule has 0 fully saturated rings. The molecule has 0 spiro atoms. The summed E-state index contributed by atoms with van der Waals surface area (Å²) in [6, 6.07) is 2.96. The Morgan fingerprint density at radius 1 is 1.50 bits per heavy atom. The first-order valence-corrected chi connectivity index (χ1v) is 5.72. The van der Waals surface area contributed by atoms with E-state index in [1.54, 1.807) is 0 Å². The summed E-state index contributed by atoms with van der Waals surface area (Å²) in [6.07, 6.45) is 1.30. The van der Waals surface area contributed by atoms with E-state index in [1.807, 2.05) is 0 Å². The Hall–Kier alpha value is -1.67. The summed E-state index contributed by atoms with van der Waals surface area (Å²) in [6.45, 7) is 0. The van der Waals surface area contributed by atoms with Crippen LogP contribution in [0.4, 0.5) is 4.39 Å². The van der Waals surface area contributed by atoms with Crippen molar-refractivity contribution in [3.8, 4) is 5.75 Å². The Morgan fingerprint density at radius 3 is 2.75 bits per heavy atom. The van der Waals surface area contributed by atoms with Gasteiger partial charge in [-0.05, 0) is 12.1 Å². The Morgan fingerprint density at radius 2 is 2.19 bits per heavy atom. The molecule has 0 unspecified atom stereocenters. The molecule has 8 heteroatoms. The highest BCUT2D eigenvalue weighted by molar-refractivity contribution is 7.89. The molecule has 0 aliphatic rings. The van der Waals surface area contributed by atoms with E-state index in [-0.39, 0.29) is 5.65 Å². The van der Waals surface area contributed by atoms with Crippen LogP contribution in [-0.2, 0) is 10.0 Å². The molecule has 2 aromatic heterocycles. The van der Waals surface area contributed by atoms with Gasteiger partial charge < -0.3 is 4.74 Å². The van der Waals surface area contributed by atoms with Gasteiger partial charge in [0.2, 0.25) is 5.03 Å². The molecule has 0 saturated heterocycles. The first-order chi connectivity index (χ1) is 7.43. The number of halogens is 1. The normalized spacial score (nSPS) is 11.9. The minimum Gasteiger partial charge on any atom is -0.495 e. The van der Waals surface area contributed by atoms with Gasteiger partial charge >= 0.3 is 0 Å². The summed E-state index contributed by atoms with van der Waals surface area (Å²) in [4.78, 5) is 3.44. The second-order valence-corrected chi connectivity index (χ2v) is 4.53. The van der Waals surface area contributed by atoms with Crippen LogP contribution in [0.15, 0.2) is 23.4 Å². The van der Waals surface area contributed by atoms with Crippen LogP contribution in [0, 0.1) is 5.95 Å². The van der Waals surface area contributed by atoms with Gasteiger partial charge in [0.1, 0.15) is 11.4 Å². The molecule has 0 aromatic carbocycles. The van der Waals surface area contributed by atoms with Gasteiger partial charge in [0.05, 0.1) is 13.3 Å². The molecule has 86 valence electrons. The monoisotopic (exact) mass is 245 g/mol. The van der Waals surface area contributed by atoms with Crippen molar-refractivity contribution in [2.75, 3.05) is 7.11 Å². The molecule has 0 saturated carbocycles. The predicted molar refractivity (Wildman–Crippen MR) is 53.1 cm³/mol. The van der Waals surface area contributed by atoms with Crippen LogP contribution in [0.2, 0.25) is 0 Å². The highest BCUT2D eigenvalue weighted by Crippen LogP contribution is 2.19. The number of rotatable bonds is 2. The number of fused-ring (bicyclic) bond motifs is 1. The molecule has 2 heterocycles. The van der Waals surface area contributed by atoms with E-state index >= 15 is 0 Å². The molecule has 0 aliphatic heterocycles. The van der Waals surface area contributed by atoms with Gasteiger partial charge in [0, 0.05) is 0 Å². The van der Waals surface area contributed by atoms with E-state index in [1.165, 1.54) is 25.4 Å². The van der Waals surface area contributed by atoms with E-state index in [2.05, 4.69) is 4.98 Å². The smallest absolute Gasteiger partial charge is 0.258 e. The maximum atomic E-state index is 13.3. The quantitative estimate of drug-likeness (QED) is 0.814. The lowest BCUT2D eigenvalue weighted by Crippen LogP contribution is -2.16. The van der Waals surface area contributed by atoms with E-state index < -0.39 is 21.0 Å². The van der Waals surface area contributed by atoms with Crippen LogP contribution < -0.4 is 9.88 Å². The van der Waals surface area contributed by atoms with Gasteiger partial charge in [0.15, 0.2) is 0 Å². The maximum Gasteiger partial charge on any atom is 0.258 e. The SMILES string of the molecule is COc1ccc2nc(F)c(S(N)(=O)=O)n2c1. The Balaban J connectivity index is 2.87. The summed E-state index contributed by atoms with van der Waals surface area (Å²) in [5.74, 6) is -0.759. The van der Waals surface area contributed by atoms with Crippen molar-refractivity contribution in [1.82, 2.24) is 9.38 Å². The molecule has 0 aliphatic carbocycles. The number of pyridine rings is 1. The molecule has 0 amide bonds. The maximum absolute atomic E-state index is 13.3. The predicted octanol–water partition coefficient (Wildman–Crippen LogP) is 0.129. The lowest BCUT2D eigenvalue weighted by Gasteiger charge is -2.02. The van der Waals surface area contributed by atoms with Gasteiger partial charge in [-0.2, -0.15) is 9.37 Å². The first-order valence-electron chi connectivity index (χ1n) is 4.18. The Labute approximate surface area is 90.5 Å². The van der Waals surface area contributed by atoms with Crippen molar-refractivity contribution >= 4 is 15.7 Å². The first kappa shape index (κ1) is 10.8. The van der Waals surface area contributed by atoms with Crippen molar-refractivity contribution in [2.45, 2.75) is 5.03 Å². The third kappa shape index (κ3) is 1.61. The van der Waals surface area contributed by atoms with Gasteiger partial charge in [0.25, 0.3) is 16.0 Å². The standard InChI is InChI=1S/C8H8FN3O3S/c1-15-5-2-3-6-11-7(9)8(12(6)4-5)16(10,13)14/h2-4H,1H3,(H2,10,13,14). The average Bonchev–Trinajstić information content (AvgIpc) is 2.51. The number of imidazole rings is 1. The molecule has 0 bridgehead atoms. The number of methoxy groups -OCH3 is 1. The van der Waals surface area contributed by atoms with Gasteiger partial charge in [-0.15, -0.1) is 0 Å². The lowest BCUT2D eigenvalue weighted by molar-refractivity contribution is 0.411. The molecular weight excluding hydrogens is 237 g/mol. The van der Waals surface area contributed by atoms with Crippen LogP contribution in [0.3, 0.4) is 0 Å². The molecule has 0 radical (unpaired) electrons. The van der Waals surface area contributed by atoms with E-state index in [0.29, 0.717) is 5.75 Å². The topological polar surface area (TPSA) is 86.7 Å². The molecular formula is C8H8FN3O3S. The summed E-state index contributed by atoms with van der Waals surface area (Å²) < 4.78 is 41.6. The zero-order chi connectivity index (χ0) is 11.9. The summed E-state index contributed by atoms with van der Waals surface area (Å²) in [5, 5.41) is 4.21. The third-order valence-electron chi connectivity index (χ3n) is 2.01. The van der Waals surface area contributed by atoms with Gasteiger partial charge in [-0.1, -0.05) is 0 Å². The zero-order valence-electron chi connectivity index (χ0n) is 8.21. The third-order valence-corrected chi connectivity index (χ3v) is 2.92. The van der Waals surface area contributed by atoms with Crippen molar-refractivity contribution < 1.29 is 17.5 Å². The number of primary sulfonamides is 1. The van der Waals surface area contributed by atoms with Crippen LogP contribution >= 0.6 is 0 Å². The van der Waals surface area contributed by atoms with E-state index in [4.69, 9.17) is 9.88 Å². The summed E-state index contributed by atoms with van der Waals surface area (Å²) in [5.41, 5.74) is 0.141. The Kier molecular flexibility index (Phi) is 2.32. The number of nitrogens with zero attached hydrogens (tertiary/aromatic N) is 2. The molecule has 2 N–H and O–H groups in total. The van der Waals surface area contributed by atoms with Crippen molar-refractivity contribution in [1.29, 1.82) is 0 Å². The zero-order valence-corrected chi connectivity index (χ0v) is 9.03. The number of sulfonamides is 1. The summed E-state index contributed by atoms with van der Waals surface area (Å²) >= 11 is 0. The van der Waals surface area contributed by atoms with Crippen LogP contribution in [0.5, 0.6) is 5.75 Å². The summed E-state index contributed by atoms with van der Waals surface area (Å²) in [7, 11) is -2.76. The highest BCUT2D eigenvalue weighted by atomic mass is 32.2. The number of nitrogens with two attached hydrogens (primary N) is 1. The fraction of sp³-hybridized carbons (Fsp3) is 0.125. The second kappa shape index (κ2) is 3.42. The molecule has 0 atom stereocenters.